The summed E-state index contributed by atoms with van der Waals surface area (Å²) in [6.07, 6.45) is 0. The summed E-state index contributed by atoms with van der Waals surface area (Å²) >= 11 is 0. The van der Waals surface area contributed by atoms with Crippen molar-refractivity contribution in [1.82, 2.24) is 0 Å². The first-order valence-corrected chi connectivity index (χ1v) is 7.20. The number of carbonyl (C=O) groups is 2. The van der Waals surface area contributed by atoms with E-state index in [2.05, 4.69) is 0 Å². The average Bonchev–Trinajstić information content (AvgIpc) is 2.56. The number of nitrogens with zero attached hydrogens (tertiary/aromatic N) is 2. The fourth-order valence-electron chi connectivity index (χ4n) is 2.23. The van der Waals surface area contributed by atoms with E-state index >= 15 is 0 Å². The van der Waals surface area contributed by atoms with Crippen LogP contribution in [0.25, 0.3) is 0 Å². The van der Waals surface area contributed by atoms with Gasteiger partial charge >= 0.3 is 12.0 Å². The van der Waals surface area contributed by atoms with Crippen molar-refractivity contribution in [3.63, 3.8) is 0 Å². The van der Waals surface area contributed by atoms with Crippen molar-refractivity contribution in [3.8, 4) is 5.75 Å². The number of primary amides is 1. The summed E-state index contributed by atoms with van der Waals surface area (Å²) in [6.45, 7) is 1.76. The topological polar surface area (TPSA) is 136 Å². The lowest BCUT2D eigenvalue weighted by Gasteiger charge is -2.23. The first-order chi connectivity index (χ1) is 11.9. The van der Waals surface area contributed by atoms with Crippen LogP contribution in [-0.4, -0.2) is 28.6 Å². The highest BCUT2D eigenvalue weighted by atomic mass is 16.6. The molecule has 0 radical (unpaired) electrons. The van der Waals surface area contributed by atoms with E-state index < -0.39 is 22.7 Å². The monoisotopic (exact) mass is 345 g/mol. The molecule has 0 aliphatic carbocycles. The lowest BCUT2D eigenvalue weighted by molar-refractivity contribution is -0.384. The number of benzene rings is 2. The number of amides is 2. The minimum atomic E-state index is -0.985. The maximum Gasteiger partial charge on any atom is 0.340 e. The number of hydrogen-bond acceptors (Lipinski definition) is 6. The van der Waals surface area contributed by atoms with Gasteiger partial charge in [-0.15, -0.1) is 0 Å². The van der Waals surface area contributed by atoms with Crippen LogP contribution in [0.1, 0.15) is 17.3 Å². The molecule has 0 saturated heterocycles. The molecule has 2 aromatic carbocycles. The van der Waals surface area contributed by atoms with Crippen LogP contribution in [0.4, 0.5) is 21.9 Å². The number of urea groups is 1. The van der Waals surface area contributed by atoms with Crippen molar-refractivity contribution in [2.24, 2.45) is 5.73 Å². The highest BCUT2D eigenvalue weighted by Gasteiger charge is 2.25. The molecule has 0 saturated carbocycles. The molecule has 2 aromatic rings. The normalized spacial score (nSPS) is 10.1. The van der Waals surface area contributed by atoms with Crippen molar-refractivity contribution < 1.29 is 24.4 Å². The summed E-state index contributed by atoms with van der Waals surface area (Å²) in [6, 6.07) is 8.20. The molecular weight excluding hydrogens is 330 g/mol. The first kappa shape index (κ1) is 17.7. The molecule has 0 spiro atoms. The Bertz CT molecular complexity index is 836. The van der Waals surface area contributed by atoms with Crippen LogP contribution in [0.2, 0.25) is 0 Å². The molecule has 0 aliphatic heterocycles. The van der Waals surface area contributed by atoms with Crippen molar-refractivity contribution in [2.75, 3.05) is 11.5 Å². The fraction of sp³-hybridized carbons (Fsp3) is 0.125. The molecule has 2 amide bonds. The van der Waals surface area contributed by atoms with Gasteiger partial charge in [0.15, 0.2) is 0 Å². The molecule has 0 aliphatic rings. The lowest BCUT2D eigenvalue weighted by Crippen LogP contribution is -2.32. The minimum absolute atomic E-state index is 0.0564. The van der Waals surface area contributed by atoms with Crippen LogP contribution in [0.3, 0.4) is 0 Å². The number of rotatable bonds is 5. The second kappa shape index (κ2) is 7.30. The molecule has 9 nitrogen and oxygen atoms in total. The molecule has 3 N–H and O–H groups in total. The van der Waals surface area contributed by atoms with Gasteiger partial charge in [0.1, 0.15) is 5.75 Å². The van der Waals surface area contributed by atoms with Gasteiger partial charge in [0.05, 0.1) is 34.5 Å². The molecule has 25 heavy (non-hydrogen) atoms. The molecule has 9 heteroatoms. The van der Waals surface area contributed by atoms with E-state index in [-0.39, 0.29) is 29.2 Å². The van der Waals surface area contributed by atoms with Gasteiger partial charge in [-0.05, 0) is 25.1 Å². The van der Waals surface area contributed by atoms with E-state index in [4.69, 9.17) is 10.5 Å². The Balaban J connectivity index is 2.59. The number of esters is 1. The van der Waals surface area contributed by atoms with Crippen LogP contribution >= 0.6 is 0 Å². The maximum atomic E-state index is 12.1. The highest BCUT2D eigenvalue weighted by Crippen LogP contribution is 2.37. The van der Waals surface area contributed by atoms with Gasteiger partial charge in [-0.25, -0.2) is 9.59 Å². The molecule has 0 aromatic heterocycles. The number of hydrogen-bond donors (Lipinski definition) is 2. The van der Waals surface area contributed by atoms with Gasteiger partial charge in [-0.1, -0.05) is 12.1 Å². The fourth-order valence-corrected chi connectivity index (χ4v) is 2.23. The molecule has 0 heterocycles. The zero-order valence-electron chi connectivity index (χ0n) is 13.2. The molecule has 0 fully saturated rings. The molecule has 130 valence electrons. The number of aromatic hydroxyl groups is 1. The van der Waals surface area contributed by atoms with Gasteiger partial charge in [0, 0.05) is 6.07 Å². The van der Waals surface area contributed by atoms with Gasteiger partial charge in [0.2, 0.25) is 0 Å². The molecular formula is C16H15N3O6. The second-order valence-corrected chi connectivity index (χ2v) is 4.84. The zero-order chi connectivity index (χ0) is 18.6. The van der Waals surface area contributed by atoms with E-state index in [0.29, 0.717) is 0 Å². The largest absolute Gasteiger partial charge is 0.505 e. The maximum absolute atomic E-state index is 12.1. The number of ether oxygens (including phenoxy) is 1. The quantitative estimate of drug-likeness (QED) is 0.486. The number of nitrogens with two attached hydrogens (primary N) is 1. The van der Waals surface area contributed by atoms with Crippen LogP contribution in [0.15, 0.2) is 42.5 Å². The Labute approximate surface area is 142 Å². The Morgan fingerprint density at radius 2 is 1.92 bits per heavy atom. The van der Waals surface area contributed by atoms with Crippen LogP contribution in [0, 0.1) is 10.1 Å². The third-order valence-electron chi connectivity index (χ3n) is 3.27. The number of phenolic OH excluding ortho intramolecular Hbond substituents is 1. The first-order valence-electron chi connectivity index (χ1n) is 7.20. The Hall–Kier alpha value is -3.62. The van der Waals surface area contributed by atoms with Crippen molar-refractivity contribution >= 4 is 29.1 Å². The Kier molecular flexibility index (Phi) is 5.18. The van der Waals surface area contributed by atoms with E-state index in [1.807, 2.05) is 0 Å². The number of phenols is 1. The summed E-state index contributed by atoms with van der Waals surface area (Å²) in [5.41, 5.74) is 5.08. The van der Waals surface area contributed by atoms with Gasteiger partial charge in [0.25, 0.3) is 5.69 Å². The number of non-ortho nitro benzene ring substituents is 1. The smallest absolute Gasteiger partial charge is 0.340 e. The highest BCUT2D eigenvalue weighted by molar-refractivity contribution is 6.06. The van der Waals surface area contributed by atoms with E-state index in [0.717, 1.165) is 17.0 Å². The molecule has 2 rings (SSSR count). The summed E-state index contributed by atoms with van der Waals surface area (Å²) in [5.74, 6) is -1.21. The third-order valence-corrected chi connectivity index (χ3v) is 3.27. The average molecular weight is 345 g/mol. The minimum Gasteiger partial charge on any atom is -0.505 e. The van der Waals surface area contributed by atoms with Gasteiger partial charge in [-0.3, -0.25) is 15.0 Å². The summed E-state index contributed by atoms with van der Waals surface area (Å²) in [5, 5.41) is 20.9. The lowest BCUT2D eigenvalue weighted by atomic mass is 10.1. The van der Waals surface area contributed by atoms with E-state index in [1.165, 1.54) is 18.2 Å². The van der Waals surface area contributed by atoms with E-state index in [1.54, 1.807) is 19.1 Å². The molecule has 0 unspecified atom stereocenters. The second-order valence-electron chi connectivity index (χ2n) is 4.84. The predicted octanol–water partition coefficient (Wildman–Crippen LogP) is 2.69. The van der Waals surface area contributed by atoms with Crippen molar-refractivity contribution in [3.05, 3.63) is 58.1 Å². The van der Waals surface area contributed by atoms with Crippen LogP contribution < -0.4 is 10.6 Å². The molecule has 0 atom stereocenters. The summed E-state index contributed by atoms with van der Waals surface area (Å²) < 4.78 is 4.95. The van der Waals surface area contributed by atoms with Crippen molar-refractivity contribution in [1.29, 1.82) is 0 Å². The number of nitro benzene ring substituents is 1. The number of nitro groups is 1. The van der Waals surface area contributed by atoms with Crippen LogP contribution in [-0.2, 0) is 4.74 Å². The van der Waals surface area contributed by atoms with Crippen molar-refractivity contribution in [2.45, 2.75) is 6.92 Å². The summed E-state index contributed by atoms with van der Waals surface area (Å²) in [4.78, 5) is 35.0. The zero-order valence-corrected chi connectivity index (χ0v) is 13.2. The van der Waals surface area contributed by atoms with Gasteiger partial charge < -0.3 is 15.6 Å². The van der Waals surface area contributed by atoms with Gasteiger partial charge in [-0.2, -0.15) is 0 Å². The van der Waals surface area contributed by atoms with Crippen LogP contribution in [0.5, 0.6) is 5.75 Å². The Morgan fingerprint density at radius 3 is 2.48 bits per heavy atom. The standard InChI is InChI=1S/C16H15N3O6/c1-2-25-15(21)11-5-3-4-6-12(11)18(16(17)22)13-8-7-10(19(23)24)9-14(13)20/h3-9,20H,2H2,1H3,(H2,17,22). The third kappa shape index (κ3) is 3.66. The Morgan fingerprint density at radius 1 is 1.24 bits per heavy atom. The molecule has 0 bridgehead atoms. The summed E-state index contributed by atoms with van der Waals surface area (Å²) in [7, 11) is 0. The predicted molar refractivity (Wildman–Crippen MR) is 88.9 cm³/mol. The number of para-hydroxylation sites is 1. The number of carbonyl (C=O) groups excluding carboxylic acids is 2. The number of anilines is 2. The SMILES string of the molecule is CCOC(=O)c1ccccc1N(C(N)=O)c1ccc([N+](=O)[O-])cc1O. The van der Waals surface area contributed by atoms with E-state index in [9.17, 15) is 24.8 Å².